The van der Waals surface area contributed by atoms with Gasteiger partial charge in [-0.25, -0.2) is 0 Å². The molecule has 0 aromatic carbocycles. The van der Waals surface area contributed by atoms with Gasteiger partial charge in [-0.15, -0.1) is 0 Å². The van der Waals surface area contributed by atoms with Crippen molar-refractivity contribution in [1.82, 2.24) is 0 Å². The van der Waals surface area contributed by atoms with Crippen molar-refractivity contribution in [3.8, 4) is 0 Å². The zero-order valence-corrected chi connectivity index (χ0v) is 16.0. The smallest absolute Gasteiger partial charge is 0.193 e. The molecule has 0 bridgehead atoms. The second-order valence-electron chi connectivity index (χ2n) is 6.72. The van der Waals surface area contributed by atoms with E-state index in [4.69, 9.17) is 4.43 Å². The molecule has 0 aliphatic heterocycles. The summed E-state index contributed by atoms with van der Waals surface area (Å²) in [5.41, 5.74) is 0. The molecule has 0 aromatic heterocycles. The van der Waals surface area contributed by atoms with E-state index < -0.39 is 8.32 Å². The van der Waals surface area contributed by atoms with Gasteiger partial charge in [-0.05, 0) is 32.0 Å². The Labute approximate surface area is 130 Å². The first-order valence-electron chi connectivity index (χ1n) is 9.28. The highest BCUT2D eigenvalue weighted by Crippen LogP contribution is 2.31. The molecule has 0 aliphatic carbocycles. The average Bonchev–Trinajstić information content (AvgIpc) is 2.39. The fourth-order valence-electron chi connectivity index (χ4n) is 3.14. The van der Waals surface area contributed by atoms with E-state index in [1.54, 1.807) is 0 Å². The molecule has 0 unspecified atom stereocenters. The van der Waals surface area contributed by atoms with Crippen LogP contribution in [0.1, 0.15) is 92.4 Å². The minimum Gasteiger partial charge on any atom is -0.414 e. The predicted octanol–water partition coefficient (Wildman–Crippen LogP) is 6.93. The monoisotopic (exact) mass is 300 g/mol. The molecule has 0 amide bonds. The van der Waals surface area contributed by atoms with Gasteiger partial charge in [0, 0.05) is 6.10 Å². The van der Waals surface area contributed by atoms with Gasteiger partial charge in [-0.2, -0.15) is 0 Å². The molecular formula is C18H40OSi. The predicted molar refractivity (Wildman–Crippen MR) is 95.0 cm³/mol. The Kier molecular flexibility index (Phi) is 13.0. The third-order valence-corrected chi connectivity index (χ3v) is 8.96. The van der Waals surface area contributed by atoms with Crippen LogP contribution in [0, 0.1) is 0 Å². The van der Waals surface area contributed by atoms with E-state index >= 15 is 0 Å². The lowest BCUT2D eigenvalue weighted by atomic mass is 10.3. The van der Waals surface area contributed by atoms with E-state index in [-0.39, 0.29) is 0 Å². The molecule has 0 spiro atoms. The van der Waals surface area contributed by atoms with Gasteiger partial charge < -0.3 is 4.43 Å². The molecule has 20 heavy (non-hydrogen) atoms. The normalized spacial score (nSPS) is 12.3. The van der Waals surface area contributed by atoms with Crippen LogP contribution in [0.25, 0.3) is 0 Å². The van der Waals surface area contributed by atoms with E-state index in [9.17, 15) is 0 Å². The van der Waals surface area contributed by atoms with E-state index in [0.29, 0.717) is 6.10 Å². The van der Waals surface area contributed by atoms with Crippen LogP contribution in [0.3, 0.4) is 0 Å². The molecule has 0 heterocycles. The number of hydrogen-bond acceptors (Lipinski definition) is 1. The van der Waals surface area contributed by atoms with Gasteiger partial charge in [0.25, 0.3) is 0 Å². The van der Waals surface area contributed by atoms with Crippen LogP contribution in [-0.2, 0) is 4.43 Å². The third-order valence-electron chi connectivity index (χ3n) is 4.19. The molecule has 0 aromatic rings. The molecule has 0 N–H and O–H groups in total. The van der Waals surface area contributed by atoms with Crippen LogP contribution < -0.4 is 0 Å². The Bertz CT molecular complexity index is 177. The third kappa shape index (κ3) is 9.98. The molecule has 0 rings (SSSR count). The Morgan fingerprint density at radius 3 is 1.25 bits per heavy atom. The molecule has 0 atom stereocenters. The molecule has 0 saturated carbocycles. The van der Waals surface area contributed by atoms with Gasteiger partial charge in [-0.1, -0.05) is 78.6 Å². The van der Waals surface area contributed by atoms with Gasteiger partial charge in [-0.3, -0.25) is 0 Å². The van der Waals surface area contributed by atoms with Crippen LogP contribution in [0.4, 0.5) is 0 Å². The lowest BCUT2D eigenvalue weighted by Gasteiger charge is -2.34. The van der Waals surface area contributed by atoms with Crippen LogP contribution in [0.5, 0.6) is 0 Å². The van der Waals surface area contributed by atoms with Crippen molar-refractivity contribution in [2.24, 2.45) is 0 Å². The van der Waals surface area contributed by atoms with Crippen LogP contribution in [0.15, 0.2) is 0 Å². The van der Waals surface area contributed by atoms with Gasteiger partial charge >= 0.3 is 0 Å². The minimum absolute atomic E-state index is 0.423. The zero-order chi connectivity index (χ0) is 15.3. The second-order valence-corrected chi connectivity index (χ2v) is 10.8. The summed E-state index contributed by atoms with van der Waals surface area (Å²) in [4.78, 5) is 0. The summed E-state index contributed by atoms with van der Waals surface area (Å²) in [6.45, 7) is 11.4. The average molecular weight is 301 g/mol. The van der Waals surface area contributed by atoms with E-state index in [2.05, 4.69) is 34.6 Å². The first kappa shape index (κ1) is 20.2. The van der Waals surface area contributed by atoms with E-state index in [1.807, 2.05) is 0 Å². The molecule has 1 nitrogen and oxygen atoms in total. The van der Waals surface area contributed by atoms with E-state index in [1.165, 1.54) is 75.9 Å². The second kappa shape index (κ2) is 12.9. The number of unbranched alkanes of at least 4 members (excludes halogenated alkanes) is 6. The van der Waals surface area contributed by atoms with Crippen LogP contribution >= 0.6 is 0 Å². The van der Waals surface area contributed by atoms with Gasteiger partial charge in [0.1, 0.15) is 0 Å². The SMILES string of the molecule is CCCCC[Si](CCCCC)(CCCCC)OC(C)C. The lowest BCUT2D eigenvalue weighted by Crippen LogP contribution is -2.40. The fraction of sp³-hybridized carbons (Fsp3) is 1.00. The zero-order valence-electron chi connectivity index (χ0n) is 15.0. The molecule has 0 radical (unpaired) electrons. The molecule has 0 fully saturated rings. The lowest BCUT2D eigenvalue weighted by molar-refractivity contribution is 0.221. The molecule has 122 valence electrons. The Morgan fingerprint density at radius 1 is 0.650 bits per heavy atom. The van der Waals surface area contributed by atoms with Crippen molar-refractivity contribution < 1.29 is 4.43 Å². The maximum Gasteiger partial charge on any atom is 0.193 e. The molecule has 0 saturated heterocycles. The van der Waals surface area contributed by atoms with Crippen molar-refractivity contribution in [1.29, 1.82) is 0 Å². The van der Waals surface area contributed by atoms with Gasteiger partial charge in [0.15, 0.2) is 8.32 Å². The van der Waals surface area contributed by atoms with Crippen molar-refractivity contribution in [3.05, 3.63) is 0 Å². The van der Waals surface area contributed by atoms with Crippen LogP contribution in [-0.4, -0.2) is 14.4 Å². The summed E-state index contributed by atoms with van der Waals surface area (Å²) >= 11 is 0. The first-order valence-corrected chi connectivity index (χ1v) is 11.8. The highest BCUT2D eigenvalue weighted by atomic mass is 28.4. The maximum absolute atomic E-state index is 6.62. The Morgan fingerprint density at radius 2 is 1.00 bits per heavy atom. The van der Waals surface area contributed by atoms with Crippen LogP contribution in [0.2, 0.25) is 18.1 Å². The van der Waals surface area contributed by atoms with Crippen molar-refractivity contribution >= 4 is 8.32 Å². The fourth-order valence-corrected chi connectivity index (χ4v) is 7.93. The van der Waals surface area contributed by atoms with E-state index in [0.717, 1.165) is 0 Å². The van der Waals surface area contributed by atoms with Gasteiger partial charge in [0.05, 0.1) is 0 Å². The maximum atomic E-state index is 6.62. The number of rotatable bonds is 14. The summed E-state index contributed by atoms with van der Waals surface area (Å²) in [6.07, 6.45) is 12.8. The Balaban J connectivity index is 4.57. The molecular weight excluding hydrogens is 260 g/mol. The topological polar surface area (TPSA) is 9.23 Å². The number of hydrogen-bond donors (Lipinski definition) is 0. The standard InChI is InChI=1S/C18H40OSi/c1-6-9-12-15-20(19-18(4)5,16-13-10-7-2)17-14-11-8-3/h18H,6-17H2,1-5H3. The summed E-state index contributed by atoms with van der Waals surface area (Å²) < 4.78 is 6.62. The minimum atomic E-state index is -1.47. The Hall–Kier alpha value is 0.177. The summed E-state index contributed by atoms with van der Waals surface area (Å²) in [5, 5.41) is 0. The van der Waals surface area contributed by atoms with Crippen molar-refractivity contribution in [3.63, 3.8) is 0 Å². The summed E-state index contributed by atoms with van der Waals surface area (Å²) in [5.74, 6) is 0. The van der Waals surface area contributed by atoms with Gasteiger partial charge in [0.2, 0.25) is 0 Å². The summed E-state index contributed by atoms with van der Waals surface area (Å²) in [7, 11) is -1.47. The largest absolute Gasteiger partial charge is 0.414 e. The quantitative estimate of drug-likeness (QED) is 0.250. The summed E-state index contributed by atoms with van der Waals surface area (Å²) in [6, 6.07) is 4.23. The highest BCUT2D eigenvalue weighted by Gasteiger charge is 2.34. The highest BCUT2D eigenvalue weighted by molar-refractivity contribution is 6.73. The molecule has 0 aliphatic rings. The van der Waals surface area contributed by atoms with Crippen molar-refractivity contribution in [2.75, 3.05) is 0 Å². The molecule has 2 heteroatoms. The first-order chi connectivity index (χ1) is 9.60. The van der Waals surface area contributed by atoms with Crippen molar-refractivity contribution in [2.45, 2.75) is 117 Å².